The molecule has 3 N–H and O–H groups in total. The molecule has 2 unspecified atom stereocenters. The minimum Gasteiger partial charge on any atom is -0.356 e. The van der Waals surface area contributed by atoms with Gasteiger partial charge in [0, 0.05) is 23.4 Å². The number of thiophene rings is 1. The molecule has 2 aliphatic carbocycles. The summed E-state index contributed by atoms with van der Waals surface area (Å²) >= 11 is 5.21. The quantitative estimate of drug-likeness (QED) is 0.798. The Morgan fingerprint density at radius 3 is 2.59 bits per heavy atom. The molecule has 2 bridgehead atoms. The van der Waals surface area contributed by atoms with Crippen molar-refractivity contribution < 1.29 is 4.79 Å². The molecule has 2 aliphatic rings. The zero-order valence-corrected chi connectivity index (χ0v) is 15.8. The molecule has 1 amide bonds. The van der Waals surface area contributed by atoms with Gasteiger partial charge in [0.05, 0.1) is 3.79 Å². The van der Waals surface area contributed by atoms with E-state index in [4.69, 9.17) is 5.73 Å². The molecule has 0 aliphatic heterocycles. The lowest BCUT2D eigenvalue weighted by molar-refractivity contribution is -0.127. The van der Waals surface area contributed by atoms with E-state index in [1.54, 1.807) is 11.3 Å². The summed E-state index contributed by atoms with van der Waals surface area (Å²) in [5.74, 6) is 1.58. The molecule has 0 spiro atoms. The van der Waals surface area contributed by atoms with E-state index in [9.17, 15) is 4.79 Å². The minimum absolute atomic E-state index is 0. The Balaban J connectivity index is 0.00000176. The van der Waals surface area contributed by atoms with Crippen LogP contribution in [0.1, 0.15) is 37.0 Å². The van der Waals surface area contributed by atoms with Crippen LogP contribution < -0.4 is 11.1 Å². The Kier molecular flexibility index (Phi) is 6.74. The van der Waals surface area contributed by atoms with E-state index in [2.05, 4.69) is 33.4 Å². The summed E-state index contributed by atoms with van der Waals surface area (Å²) in [7, 11) is 0. The number of nitrogens with one attached hydrogen (secondary N) is 1. The number of nitrogens with two attached hydrogens (primary N) is 1. The normalized spacial score (nSPS) is 30.5. The fraction of sp³-hybridized carbons (Fsp3) is 0.688. The van der Waals surface area contributed by atoms with Gasteiger partial charge in [-0.3, -0.25) is 4.79 Å². The molecule has 0 radical (unpaired) electrons. The van der Waals surface area contributed by atoms with E-state index in [0.29, 0.717) is 17.9 Å². The molecule has 0 aromatic carbocycles. The lowest BCUT2D eigenvalue weighted by Crippen LogP contribution is -2.49. The molecule has 22 heavy (non-hydrogen) atoms. The molecule has 0 saturated heterocycles. The van der Waals surface area contributed by atoms with Crippen molar-refractivity contribution >= 4 is 45.6 Å². The number of carbonyl (C=O) groups is 1. The topological polar surface area (TPSA) is 55.1 Å². The summed E-state index contributed by atoms with van der Waals surface area (Å²) in [6.07, 6.45) is 6.63. The van der Waals surface area contributed by atoms with Crippen LogP contribution in [0.15, 0.2) is 15.9 Å². The Morgan fingerprint density at radius 2 is 2.00 bits per heavy atom. The zero-order valence-electron chi connectivity index (χ0n) is 12.6. The third-order valence-corrected chi connectivity index (χ3v) is 6.77. The molecular formula is C16H24BrClN2OS. The molecule has 2 atom stereocenters. The first kappa shape index (κ1) is 18.2. The number of hydrogen-bond acceptors (Lipinski definition) is 3. The lowest BCUT2D eigenvalue weighted by Gasteiger charge is -2.43. The van der Waals surface area contributed by atoms with Gasteiger partial charge < -0.3 is 11.1 Å². The second-order valence-corrected chi connectivity index (χ2v) is 8.99. The highest BCUT2D eigenvalue weighted by atomic mass is 79.9. The average molecular weight is 408 g/mol. The van der Waals surface area contributed by atoms with E-state index < -0.39 is 0 Å². The Labute approximate surface area is 151 Å². The molecule has 3 rings (SSSR count). The third kappa shape index (κ3) is 4.25. The lowest BCUT2D eigenvalue weighted by atomic mass is 9.65. The number of amides is 1. The Morgan fingerprint density at radius 1 is 1.32 bits per heavy atom. The van der Waals surface area contributed by atoms with E-state index in [1.165, 1.54) is 24.1 Å². The fourth-order valence-electron chi connectivity index (χ4n) is 3.94. The second kappa shape index (κ2) is 8.13. The fourth-order valence-corrected chi connectivity index (χ4v) is 5.43. The first-order valence-corrected chi connectivity index (χ1v) is 9.52. The molecule has 124 valence electrons. The van der Waals surface area contributed by atoms with Crippen LogP contribution in [-0.4, -0.2) is 18.5 Å². The highest BCUT2D eigenvalue weighted by Gasteiger charge is 2.40. The van der Waals surface area contributed by atoms with Crippen LogP contribution in [0.5, 0.6) is 0 Å². The average Bonchev–Trinajstić information content (AvgIpc) is 2.84. The van der Waals surface area contributed by atoms with Gasteiger partial charge in [-0.1, -0.05) is 6.42 Å². The number of carbonyl (C=O) groups excluding carboxylic acids is 1. The Hall–Kier alpha value is -0.100. The zero-order chi connectivity index (χ0) is 14.8. The van der Waals surface area contributed by atoms with Gasteiger partial charge in [-0.2, -0.15) is 0 Å². The number of hydrogen-bond donors (Lipinski definition) is 2. The van der Waals surface area contributed by atoms with Crippen LogP contribution >= 0.6 is 39.7 Å². The molecule has 2 fully saturated rings. The molecule has 1 aromatic rings. The van der Waals surface area contributed by atoms with Gasteiger partial charge in [0.15, 0.2) is 0 Å². The van der Waals surface area contributed by atoms with Crippen molar-refractivity contribution in [1.29, 1.82) is 0 Å². The summed E-state index contributed by atoms with van der Waals surface area (Å²) in [6.45, 7) is 0.740. The van der Waals surface area contributed by atoms with Gasteiger partial charge in [0.25, 0.3) is 0 Å². The van der Waals surface area contributed by atoms with Gasteiger partial charge >= 0.3 is 0 Å². The summed E-state index contributed by atoms with van der Waals surface area (Å²) in [5, 5.41) is 3.13. The van der Waals surface area contributed by atoms with Crippen molar-refractivity contribution in [2.24, 2.45) is 23.5 Å². The number of rotatable bonds is 4. The minimum atomic E-state index is 0. The van der Waals surface area contributed by atoms with Crippen LogP contribution in [0.3, 0.4) is 0 Å². The van der Waals surface area contributed by atoms with E-state index in [1.807, 2.05) is 0 Å². The van der Waals surface area contributed by atoms with Gasteiger partial charge in [0.1, 0.15) is 0 Å². The maximum atomic E-state index is 12.4. The number of halogens is 2. The highest BCUT2D eigenvalue weighted by Crippen LogP contribution is 2.41. The molecule has 6 heteroatoms. The van der Waals surface area contributed by atoms with E-state index in [0.717, 1.165) is 29.6 Å². The van der Waals surface area contributed by atoms with Crippen LogP contribution in [-0.2, 0) is 11.2 Å². The predicted octanol–water partition coefficient (Wildman–Crippen LogP) is 3.74. The van der Waals surface area contributed by atoms with Crippen molar-refractivity contribution in [2.45, 2.75) is 44.6 Å². The maximum Gasteiger partial charge on any atom is 0.223 e. The smallest absolute Gasteiger partial charge is 0.223 e. The first-order valence-electron chi connectivity index (χ1n) is 7.91. The molecule has 2 saturated carbocycles. The number of fused-ring (bicyclic) bond motifs is 2. The predicted molar refractivity (Wildman–Crippen MR) is 97.5 cm³/mol. The van der Waals surface area contributed by atoms with E-state index >= 15 is 0 Å². The highest BCUT2D eigenvalue weighted by molar-refractivity contribution is 9.11. The second-order valence-electron chi connectivity index (χ2n) is 6.44. The summed E-state index contributed by atoms with van der Waals surface area (Å²) < 4.78 is 1.15. The molecule has 1 heterocycles. The Bertz CT molecular complexity index is 496. The van der Waals surface area contributed by atoms with Gasteiger partial charge in [0.2, 0.25) is 5.91 Å². The van der Waals surface area contributed by atoms with Crippen LogP contribution in [0.4, 0.5) is 0 Å². The SMILES string of the molecule is Cl.NC1C2CCCC1CC(C(=O)NCCc1ccc(Br)s1)C2. The standard InChI is InChI=1S/C16H23BrN2OS.ClH/c17-14-5-4-13(21-14)6-7-19-16(20)12-8-10-2-1-3-11(9-12)15(10)18;/h4-5,10-12,15H,1-3,6-9,18H2,(H,19,20);1H. The third-order valence-electron chi connectivity index (χ3n) is 5.08. The van der Waals surface area contributed by atoms with Crippen molar-refractivity contribution in [2.75, 3.05) is 6.54 Å². The summed E-state index contributed by atoms with van der Waals surface area (Å²) in [5.41, 5.74) is 6.29. The van der Waals surface area contributed by atoms with E-state index in [-0.39, 0.29) is 24.2 Å². The van der Waals surface area contributed by atoms with Gasteiger partial charge in [-0.25, -0.2) is 0 Å². The van der Waals surface area contributed by atoms with Crippen molar-refractivity contribution in [1.82, 2.24) is 5.32 Å². The largest absolute Gasteiger partial charge is 0.356 e. The summed E-state index contributed by atoms with van der Waals surface area (Å²) in [6, 6.07) is 4.52. The van der Waals surface area contributed by atoms with Crippen LogP contribution in [0, 0.1) is 17.8 Å². The van der Waals surface area contributed by atoms with Crippen LogP contribution in [0.2, 0.25) is 0 Å². The molecule has 1 aromatic heterocycles. The summed E-state index contributed by atoms with van der Waals surface area (Å²) in [4.78, 5) is 13.7. The van der Waals surface area contributed by atoms with Crippen molar-refractivity contribution in [3.63, 3.8) is 0 Å². The van der Waals surface area contributed by atoms with Crippen molar-refractivity contribution in [3.8, 4) is 0 Å². The van der Waals surface area contributed by atoms with Crippen LogP contribution in [0.25, 0.3) is 0 Å². The monoisotopic (exact) mass is 406 g/mol. The maximum absolute atomic E-state index is 12.4. The first-order chi connectivity index (χ1) is 10.1. The van der Waals surface area contributed by atoms with Gasteiger partial charge in [-0.15, -0.1) is 23.7 Å². The van der Waals surface area contributed by atoms with Crippen molar-refractivity contribution in [3.05, 3.63) is 20.8 Å². The molecule has 3 nitrogen and oxygen atoms in total. The molecular weight excluding hydrogens is 384 g/mol. The van der Waals surface area contributed by atoms with Gasteiger partial charge in [-0.05, 0) is 72.0 Å².